The van der Waals surface area contributed by atoms with Gasteiger partial charge in [0.15, 0.2) is 0 Å². The van der Waals surface area contributed by atoms with E-state index in [0.717, 1.165) is 42.6 Å². The monoisotopic (exact) mass is 357 g/mol. The van der Waals surface area contributed by atoms with E-state index in [0.29, 0.717) is 13.0 Å². The first-order chi connectivity index (χ1) is 12.2. The Morgan fingerprint density at radius 1 is 1.08 bits per heavy atom. The van der Waals surface area contributed by atoms with E-state index >= 15 is 0 Å². The lowest BCUT2D eigenvalue weighted by Gasteiger charge is -2.39. The molecule has 1 atom stereocenters. The fraction of sp³-hybridized carbons (Fsp3) is 0.455. The number of piperidine rings is 1. The quantitative estimate of drug-likeness (QED) is 0.859. The van der Waals surface area contributed by atoms with Crippen molar-refractivity contribution in [2.45, 2.75) is 44.3 Å². The number of halogens is 1. The zero-order valence-electron chi connectivity index (χ0n) is 15.6. The second kappa shape index (κ2) is 7.47. The maximum Gasteiger partial charge on any atom is 0.123 e. The smallest absolute Gasteiger partial charge is 0.123 e. The summed E-state index contributed by atoms with van der Waals surface area (Å²) in [6.45, 7) is 5.90. The topological polar surface area (TPSA) is 43.7 Å². The van der Waals surface area contributed by atoms with E-state index in [2.05, 4.69) is 4.90 Å². The van der Waals surface area contributed by atoms with Gasteiger partial charge in [0.2, 0.25) is 0 Å². The average Bonchev–Trinajstić information content (AvgIpc) is 2.58. The van der Waals surface area contributed by atoms with E-state index in [-0.39, 0.29) is 5.82 Å². The standard InChI is InChI=1S/C22H28FNO2/c1-21(25)11-13-24(14-12-21)16-22(2,26)15-18-5-3-4-6-20(18)17-7-9-19(23)10-8-17/h3-10,25-26H,11-16H2,1-2H3. The molecule has 0 aliphatic carbocycles. The third-order valence-corrected chi connectivity index (χ3v) is 5.24. The van der Waals surface area contributed by atoms with Crippen LogP contribution in [0, 0.1) is 5.82 Å². The molecule has 1 unspecified atom stereocenters. The predicted octanol–water partition coefficient (Wildman–Crippen LogP) is 3.63. The van der Waals surface area contributed by atoms with E-state index in [1.165, 1.54) is 12.1 Å². The Labute approximate surface area is 155 Å². The zero-order valence-corrected chi connectivity index (χ0v) is 15.6. The van der Waals surface area contributed by atoms with Crippen LogP contribution < -0.4 is 0 Å². The molecule has 2 aromatic rings. The summed E-state index contributed by atoms with van der Waals surface area (Å²) in [7, 11) is 0. The second-order valence-corrected chi connectivity index (χ2v) is 8.11. The van der Waals surface area contributed by atoms with Crippen molar-refractivity contribution in [3.05, 3.63) is 59.9 Å². The molecule has 3 rings (SSSR count). The van der Waals surface area contributed by atoms with Gasteiger partial charge in [0.25, 0.3) is 0 Å². The van der Waals surface area contributed by atoms with Crippen molar-refractivity contribution in [3.8, 4) is 11.1 Å². The highest BCUT2D eigenvalue weighted by molar-refractivity contribution is 5.67. The molecule has 0 bridgehead atoms. The first-order valence-electron chi connectivity index (χ1n) is 9.25. The van der Waals surface area contributed by atoms with Gasteiger partial charge in [-0.05, 0) is 55.5 Å². The Kier molecular flexibility index (Phi) is 5.47. The molecule has 1 aliphatic rings. The van der Waals surface area contributed by atoms with Crippen LogP contribution in [0.15, 0.2) is 48.5 Å². The maximum absolute atomic E-state index is 13.2. The van der Waals surface area contributed by atoms with Crippen LogP contribution in [0.1, 0.15) is 32.3 Å². The molecule has 0 aromatic heterocycles. The number of rotatable bonds is 5. The van der Waals surface area contributed by atoms with Crippen molar-refractivity contribution in [1.29, 1.82) is 0 Å². The first-order valence-corrected chi connectivity index (χ1v) is 9.25. The Balaban J connectivity index is 1.73. The third-order valence-electron chi connectivity index (χ3n) is 5.24. The summed E-state index contributed by atoms with van der Waals surface area (Å²) < 4.78 is 13.2. The Morgan fingerprint density at radius 2 is 1.69 bits per heavy atom. The van der Waals surface area contributed by atoms with E-state index < -0.39 is 11.2 Å². The van der Waals surface area contributed by atoms with Crippen molar-refractivity contribution in [1.82, 2.24) is 4.90 Å². The fourth-order valence-electron chi connectivity index (χ4n) is 3.73. The molecule has 2 N–H and O–H groups in total. The average molecular weight is 357 g/mol. The summed E-state index contributed by atoms with van der Waals surface area (Å²) in [4.78, 5) is 2.22. The van der Waals surface area contributed by atoms with Crippen molar-refractivity contribution in [2.75, 3.05) is 19.6 Å². The summed E-state index contributed by atoms with van der Waals surface area (Å²) in [5.74, 6) is -0.251. The van der Waals surface area contributed by atoms with Gasteiger partial charge in [0.05, 0.1) is 11.2 Å². The molecule has 2 aromatic carbocycles. The number of β-amino-alcohol motifs (C(OH)–C–C–N with tert-alkyl or cyclic N) is 1. The molecule has 1 heterocycles. The molecule has 0 spiro atoms. The van der Waals surface area contributed by atoms with Crippen LogP contribution in [0.3, 0.4) is 0 Å². The normalized spacial score (nSPS) is 19.9. The lowest BCUT2D eigenvalue weighted by Crippen LogP contribution is -2.49. The van der Waals surface area contributed by atoms with E-state index in [1.807, 2.05) is 38.1 Å². The van der Waals surface area contributed by atoms with Gasteiger partial charge in [-0.3, -0.25) is 0 Å². The van der Waals surface area contributed by atoms with Crippen molar-refractivity contribution in [2.24, 2.45) is 0 Å². The molecule has 26 heavy (non-hydrogen) atoms. The number of benzene rings is 2. The molecule has 1 aliphatic heterocycles. The molecule has 0 saturated carbocycles. The third kappa shape index (κ3) is 4.91. The van der Waals surface area contributed by atoms with Crippen LogP contribution in [0.4, 0.5) is 4.39 Å². The summed E-state index contributed by atoms with van der Waals surface area (Å²) in [6, 6.07) is 14.4. The van der Waals surface area contributed by atoms with Crippen LogP contribution in [0.2, 0.25) is 0 Å². The lowest BCUT2D eigenvalue weighted by atomic mass is 9.88. The molecule has 4 heteroatoms. The number of hydrogen-bond donors (Lipinski definition) is 2. The molecule has 0 radical (unpaired) electrons. The van der Waals surface area contributed by atoms with Gasteiger partial charge in [-0.15, -0.1) is 0 Å². The van der Waals surface area contributed by atoms with Gasteiger partial charge >= 0.3 is 0 Å². The van der Waals surface area contributed by atoms with Crippen LogP contribution >= 0.6 is 0 Å². The van der Waals surface area contributed by atoms with Crippen molar-refractivity contribution < 1.29 is 14.6 Å². The van der Waals surface area contributed by atoms with Crippen LogP contribution in [-0.2, 0) is 6.42 Å². The number of hydrogen-bond acceptors (Lipinski definition) is 3. The van der Waals surface area contributed by atoms with E-state index in [9.17, 15) is 14.6 Å². The largest absolute Gasteiger partial charge is 0.390 e. The minimum Gasteiger partial charge on any atom is -0.390 e. The summed E-state index contributed by atoms with van der Waals surface area (Å²) in [5.41, 5.74) is 1.56. The molecule has 0 amide bonds. The van der Waals surface area contributed by atoms with Crippen LogP contribution in [0.5, 0.6) is 0 Å². The highest BCUT2D eigenvalue weighted by Crippen LogP contribution is 2.28. The fourth-order valence-corrected chi connectivity index (χ4v) is 3.73. The first kappa shape index (κ1) is 19.0. The number of likely N-dealkylation sites (tertiary alicyclic amines) is 1. The summed E-state index contributed by atoms with van der Waals surface area (Å²) >= 11 is 0. The van der Waals surface area contributed by atoms with Crippen molar-refractivity contribution >= 4 is 0 Å². The minimum absolute atomic E-state index is 0.251. The molecule has 1 fully saturated rings. The molecule has 3 nitrogen and oxygen atoms in total. The number of nitrogens with zero attached hydrogens (tertiary/aromatic N) is 1. The predicted molar refractivity (Wildman–Crippen MR) is 102 cm³/mol. The van der Waals surface area contributed by atoms with Crippen LogP contribution in [-0.4, -0.2) is 45.9 Å². The van der Waals surface area contributed by atoms with Gasteiger partial charge in [0.1, 0.15) is 5.82 Å². The van der Waals surface area contributed by atoms with E-state index in [1.54, 1.807) is 12.1 Å². The van der Waals surface area contributed by atoms with E-state index in [4.69, 9.17) is 0 Å². The summed E-state index contributed by atoms with van der Waals surface area (Å²) in [5, 5.41) is 21.1. The Morgan fingerprint density at radius 3 is 2.35 bits per heavy atom. The Hall–Kier alpha value is -1.75. The van der Waals surface area contributed by atoms with Gasteiger partial charge in [-0.1, -0.05) is 36.4 Å². The number of aliphatic hydroxyl groups is 2. The Bertz CT molecular complexity index is 730. The van der Waals surface area contributed by atoms with Crippen molar-refractivity contribution in [3.63, 3.8) is 0 Å². The zero-order chi connectivity index (χ0) is 18.8. The summed E-state index contributed by atoms with van der Waals surface area (Å²) in [6.07, 6.45) is 1.98. The van der Waals surface area contributed by atoms with Crippen LogP contribution in [0.25, 0.3) is 11.1 Å². The molecular formula is C22H28FNO2. The SMILES string of the molecule is CC1(O)CCN(CC(C)(O)Cc2ccccc2-c2ccc(F)cc2)CC1. The molecule has 140 valence electrons. The van der Waals surface area contributed by atoms with Gasteiger partial charge in [-0.25, -0.2) is 4.39 Å². The van der Waals surface area contributed by atoms with Gasteiger partial charge in [0, 0.05) is 26.1 Å². The molecule has 1 saturated heterocycles. The van der Waals surface area contributed by atoms with Gasteiger partial charge < -0.3 is 15.1 Å². The maximum atomic E-state index is 13.2. The second-order valence-electron chi connectivity index (χ2n) is 8.11. The highest BCUT2D eigenvalue weighted by atomic mass is 19.1. The van der Waals surface area contributed by atoms with Gasteiger partial charge in [-0.2, -0.15) is 0 Å². The lowest BCUT2D eigenvalue weighted by molar-refractivity contribution is -0.0363. The minimum atomic E-state index is -0.876. The highest BCUT2D eigenvalue weighted by Gasteiger charge is 2.31. The molecular weight excluding hydrogens is 329 g/mol.